The lowest BCUT2D eigenvalue weighted by Gasteiger charge is -2.34. The molecule has 1 aromatic carbocycles. The highest BCUT2D eigenvalue weighted by Gasteiger charge is 2.60. The van der Waals surface area contributed by atoms with E-state index in [4.69, 9.17) is 0 Å². The third kappa shape index (κ3) is 2.33. The third-order valence-electron chi connectivity index (χ3n) is 6.12. The molecule has 0 aromatic heterocycles. The van der Waals surface area contributed by atoms with Crippen LogP contribution in [-0.2, 0) is 0 Å². The first-order valence-electron chi connectivity index (χ1n) is 7.87. The van der Waals surface area contributed by atoms with Crippen LogP contribution in [0.15, 0.2) is 29.4 Å². The minimum atomic E-state index is -0.512. The Labute approximate surface area is 135 Å². The van der Waals surface area contributed by atoms with Crippen molar-refractivity contribution in [3.63, 3.8) is 0 Å². The van der Waals surface area contributed by atoms with Gasteiger partial charge in [-0.3, -0.25) is 14.9 Å². The van der Waals surface area contributed by atoms with Crippen LogP contribution in [0.1, 0.15) is 50.4 Å². The number of carbonyl (C=O) groups is 1. The van der Waals surface area contributed by atoms with E-state index in [0.717, 1.165) is 18.6 Å². The summed E-state index contributed by atoms with van der Waals surface area (Å²) in [4.78, 5) is 22.5. The molecule has 1 N–H and O–H groups in total. The average Bonchev–Trinajstić information content (AvgIpc) is 2.85. The van der Waals surface area contributed by atoms with Crippen molar-refractivity contribution in [1.82, 2.24) is 5.43 Å². The number of rotatable bonds is 3. The van der Waals surface area contributed by atoms with E-state index >= 15 is 0 Å². The largest absolute Gasteiger partial charge is 0.271 e. The van der Waals surface area contributed by atoms with E-state index in [1.165, 1.54) is 24.6 Å². The van der Waals surface area contributed by atoms with Gasteiger partial charge in [-0.1, -0.05) is 26.8 Å². The predicted octanol–water partition coefficient (Wildman–Crippen LogP) is 3.53. The van der Waals surface area contributed by atoms with Crippen molar-refractivity contribution in [2.75, 3.05) is 0 Å². The number of hydrogen-bond donors (Lipinski definition) is 1. The number of fused-ring (bicyclic) bond motifs is 2. The first-order chi connectivity index (χ1) is 10.8. The van der Waals surface area contributed by atoms with Crippen molar-refractivity contribution in [1.29, 1.82) is 0 Å². The molecule has 0 radical (unpaired) electrons. The Bertz CT molecular complexity index is 711. The zero-order chi connectivity index (χ0) is 16.8. The summed E-state index contributed by atoms with van der Waals surface area (Å²) in [5.74, 6) is 0.200. The van der Waals surface area contributed by atoms with Crippen LogP contribution in [0.2, 0.25) is 0 Å². The number of nitro groups is 1. The van der Waals surface area contributed by atoms with Crippen molar-refractivity contribution in [2.45, 2.75) is 40.0 Å². The maximum atomic E-state index is 12.2. The van der Waals surface area contributed by atoms with Crippen LogP contribution in [-0.4, -0.2) is 16.5 Å². The summed E-state index contributed by atoms with van der Waals surface area (Å²) < 4.78 is 0. The predicted molar refractivity (Wildman–Crippen MR) is 87.2 cm³/mol. The molecule has 1 aromatic rings. The molecule has 6 heteroatoms. The molecular weight excluding hydrogens is 294 g/mol. The van der Waals surface area contributed by atoms with Gasteiger partial charge in [0.15, 0.2) is 0 Å². The number of non-ortho nitro benzene ring substituents is 1. The molecule has 6 nitrogen and oxygen atoms in total. The highest BCUT2D eigenvalue weighted by atomic mass is 16.6. The van der Waals surface area contributed by atoms with Gasteiger partial charge in [-0.2, -0.15) is 5.10 Å². The summed E-state index contributed by atoms with van der Waals surface area (Å²) in [5.41, 5.74) is 3.99. The van der Waals surface area contributed by atoms with Gasteiger partial charge in [0.1, 0.15) is 0 Å². The Morgan fingerprint density at radius 2 is 2.13 bits per heavy atom. The lowest BCUT2D eigenvalue weighted by Crippen LogP contribution is -2.34. The number of carbonyl (C=O) groups excluding carboxylic acids is 1. The smallest absolute Gasteiger partial charge is 0.267 e. The lowest BCUT2D eigenvalue weighted by molar-refractivity contribution is -0.384. The van der Waals surface area contributed by atoms with Crippen LogP contribution in [0.5, 0.6) is 0 Å². The lowest BCUT2D eigenvalue weighted by atomic mass is 9.70. The van der Waals surface area contributed by atoms with Crippen LogP contribution < -0.4 is 5.43 Å². The molecule has 23 heavy (non-hydrogen) atoms. The van der Waals surface area contributed by atoms with Crippen LogP contribution in [0.3, 0.4) is 0 Å². The van der Waals surface area contributed by atoms with Crippen molar-refractivity contribution in [3.05, 3.63) is 39.9 Å². The molecule has 0 aliphatic heterocycles. The molecule has 0 heterocycles. The minimum absolute atomic E-state index is 0.0215. The molecule has 2 fully saturated rings. The van der Waals surface area contributed by atoms with Crippen molar-refractivity contribution < 1.29 is 9.72 Å². The number of nitrogens with one attached hydrogen (secondary N) is 1. The third-order valence-corrected chi connectivity index (χ3v) is 6.12. The highest BCUT2D eigenvalue weighted by molar-refractivity contribution is 5.98. The Balaban J connectivity index is 1.78. The zero-order valence-electron chi connectivity index (χ0n) is 13.6. The van der Waals surface area contributed by atoms with E-state index in [-0.39, 0.29) is 22.1 Å². The molecule has 0 spiro atoms. The molecule has 0 saturated heterocycles. The van der Waals surface area contributed by atoms with E-state index in [1.807, 2.05) is 0 Å². The van der Waals surface area contributed by atoms with E-state index < -0.39 is 10.8 Å². The molecule has 3 rings (SSSR count). The zero-order valence-corrected chi connectivity index (χ0v) is 13.6. The van der Waals surface area contributed by atoms with Gasteiger partial charge in [0.2, 0.25) is 0 Å². The summed E-state index contributed by atoms with van der Waals surface area (Å²) in [6.45, 7) is 6.77. The number of hydrogen-bond acceptors (Lipinski definition) is 4. The van der Waals surface area contributed by atoms with Gasteiger partial charge in [-0.25, -0.2) is 5.43 Å². The number of amides is 1. The second-order valence-electron chi connectivity index (χ2n) is 7.30. The van der Waals surface area contributed by atoms with Crippen LogP contribution in [0.4, 0.5) is 5.69 Å². The standard InChI is InChI=1S/C17H21N3O3/c1-16(2)12-7-8-17(16,3)14(10-12)18-19-15(21)11-5-4-6-13(9-11)20(22)23/h4-6,9,12H,7-8,10H2,1-3H3,(H,19,21)/b18-14+. The number of benzene rings is 1. The Morgan fingerprint density at radius 3 is 2.70 bits per heavy atom. The first kappa shape index (κ1) is 15.6. The summed E-state index contributed by atoms with van der Waals surface area (Å²) in [7, 11) is 0. The van der Waals surface area contributed by atoms with Gasteiger partial charge in [-0.15, -0.1) is 0 Å². The fourth-order valence-corrected chi connectivity index (χ4v) is 4.04. The van der Waals surface area contributed by atoms with E-state index in [0.29, 0.717) is 5.92 Å². The Hall–Kier alpha value is -2.24. The van der Waals surface area contributed by atoms with Crippen molar-refractivity contribution >= 4 is 17.3 Å². The summed E-state index contributed by atoms with van der Waals surface area (Å²) >= 11 is 0. The van der Waals surface area contributed by atoms with Gasteiger partial charge >= 0.3 is 0 Å². The maximum Gasteiger partial charge on any atom is 0.271 e. The van der Waals surface area contributed by atoms with Gasteiger partial charge in [-0.05, 0) is 36.7 Å². The van der Waals surface area contributed by atoms with E-state index in [1.54, 1.807) is 6.07 Å². The fourth-order valence-electron chi connectivity index (χ4n) is 4.04. The number of nitrogens with zero attached hydrogens (tertiary/aromatic N) is 2. The summed E-state index contributed by atoms with van der Waals surface area (Å²) in [5, 5.41) is 15.2. The highest BCUT2D eigenvalue weighted by Crippen LogP contribution is 2.63. The van der Waals surface area contributed by atoms with Gasteiger partial charge in [0.25, 0.3) is 11.6 Å². The fraction of sp³-hybridized carbons (Fsp3) is 0.529. The quantitative estimate of drug-likeness (QED) is 0.684. The Morgan fingerprint density at radius 1 is 1.39 bits per heavy atom. The minimum Gasteiger partial charge on any atom is -0.267 e. The molecule has 2 saturated carbocycles. The monoisotopic (exact) mass is 315 g/mol. The SMILES string of the molecule is CC12CCC(C/C1=N\NC(=O)c1cccc([N+](=O)[O-])c1)C2(C)C. The Kier molecular flexibility index (Phi) is 3.50. The normalized spacial score (nSPS) is 29.7. The topological polar surface area (TPSA) is 84.6 Å². The molecule has 2 aliphatic carbocycles. The van der Waals surface area contributed by atoms with Crippen molar-refractivity contribution in [3.8, 4) is 0 Å². The molecular formula is C17H21N3O3. The summed E-state index contributed by atoms with van der Waals surface area (Å²) in [6, 6.07) is 5.68. The molecule has 2 bridgehead atoms. The van der Waals surface area contributed by atoms with Crippen LogP contribution in [0.25, 0.3) is 0 Å². The molecule has 2 aliphatic rings. The molecule has 2 unspecified atom stereocenters. The van der Waals surface area contributed by atoms with Gasteiger partial charge in [0, 0.05) is 28.8 Å². The van der Waals surface area contributed by atoms with Crippen LogP contribution in [0, 0.1) is 26.9 Å². The van der Waals surface area contributed by atoms with E-state index in [9.17, 15) is 14.9 Å². The van der Waals surface area contributed by atoms with Gasteiger partial charge in [0.05, 0.1) is 4.92 Å². The maximum absolute atomic E-state index is 12.2. The second-order valence-corrected chi connectivity index (χ2v) is 7.30. The molecule has 122 valence electrons. The van der Waals surface area contributed by atoms with Crippen LogP contribution >= 0.6 is 0 Å². The first-order valence-corrected chi connectivity index (χ1v) is 7.87. The average molecular weight is 315 g/mol. The molecule has 2 atom stereocenters. The number of hydrazone groups is 1. The summed E-state index contributed by atoms with van der Waals surface area (Å²) in [6.07, 6.45) is 3.22. The molecule has 1 amide bonds. The number of nitro benzene ring substituents is 1. The van der Waals surface area contributed by atoms with Crippen molar-refractivity contribution in [2.24, 2.45) is 21.8 Å². The second kappa shape index (κ2) is 5.15. The van der Waals surface area contributed by atoms with E-state index in [2.05, 4.69) is 31.3 Å². The van der Waals surface area contributed by atoms with Gasteiger partial charge < -0.3 is 0 Å².